The first-order valence-corrected chi connectivity index (χ1v) is 8.02. The van der Waals surface area contributed by atoms with E-state index >= 15 is 0 Å². The normalized spacial score (nSPS) is 11.6. The molecule has 5 N–H and O–H groups in total. The minimum absolute atomic E-state index is 0.00351. The summed E-state index contributed by atoms with van der Waals surface area (Å²) >= 11 is 0. The number of carbonyl (C=O) groups is 1. The van der Waals surface area contributed by atoms with Crippen LogP contribution in [0.1, 0.15) is 28.5 Å². The number of anilines is 1. The fourth-order valence-electron chi connectivity index (χ4n) is 2.83. The highest BCUT2D eigenvalue weighted by Crippen LogP contribution is 2.37. The van der Waals surface area contributed by atoms with Crippen molar-refractivity contribution < 1.29 is 18.0 Å². The summed E-state index contributed by atoms with van der Waals surface area (Å²) in [6.07, 6.45) is -2.78. The summed E-state index contributed by atoms with van der Waals surface area (Å²) < 4.78 is 39.5. The van der Waals surface area contributed by atoms with Gasteiger partial charge in [0, 0.05) is 11.6 Å². The van der Waals surface area contributed by atoms with E-state index in [1.807, 2.05) is 6.92 Å². The monoisotopic (exact) mass is 375 g/mol. The third-order valence-electron chi connectivity index (χ3n) is 4.14. The van der Waals surface area contributed by atoms with Crippen LogP contribution in [0.3, 0.4) is 0 Å². The molecular weight excluding hydrogens is 359 g/mol. The number of rotatable bonds is 4. The van der Waals surface area contributed by atoms with Crippen molar-refractivity contribution in [2.75, 3.05) is 5.73 Å². The maximum atomic E-state index is 13.2. The van der Waals surface area contributed by atoms with Gasteiger partial charge in [-0.3, -0.25) is 4.79 Å². The number of halogens is 3. The number of aryl methyl sites for hydroxylation is 1. The predicted molar refractivity (Wildman–Crippen MR) is 94.6 cm³/mol. The van der Waals surface area contributed by atoms with Crippen molar-refractivity contribution in [3.8, 4) is 22.5 Å². The Kier molecular flexibility index (Phi) is 4.61. The third kappa shape index (κ3) is 3.62. The van der Waals surface area contributed by atoms with E-state index in [9.17, 15) is 18.0 Å². The first-order chi connectivity index (χ1) is 12.7. The van der Waals surface area contributed by atoms with Crippen LogP contribution in [0.4, 0.5) is 19.0 Å². The van der Waals surface area contributed by atoms with Gasteiger partial charge in [-0.15, -0.1) is 0 Å². The summed E-state index contributed by atoms with van der Waals surface area (Å²) in [6.45, 7) is 1.81. The van der Waals surface area contributed by atoms with E-state index in [1.165, 1.54) is 24.5 Å². The number of H-pyrrole nitrogens is 1. The molecule has 0 aliphatic heterocycles. The highest BCUT2D eigenvalue weighted by Gasteiger charge is 2.31. The summed E-state index contributed by atoms with van der Waals surface area (Å²) in [6, 6.07) is 6.46. The van der Waals surface area contributed by atoms with Gasteiger partial charge in [-0.2, -0.15) is 13.2 Å². The average molecular weight is 375 g/mol. The molecule has 0 atom stereocenters. The molecule has 27 heavy (non-hydrogen) atoms. The van der Waals surface area contributed by atoms with Crippen LogP contribution in [0.2, 0.25) is 0 Å². The standard InChI is InChI=1S/C18H16F3N5O/c1-2-9-3-4-10(18(19,20)21)5-11(9)12-6-14(26-16(12)17(23)27)13-7-15(22)25-8-24-13/h3-8,26H,2H2,1H3,(H2,23,27)(H2,22,24,25). The molecule has 0 fully saturated rings. The van der Waals surface area contributed by atoms with E-state index in [0.29, 0.717) is 23.4 Å². The Morgan fingerprint density at radius 2 is 1.89 bits per heavy atom. The highest BCUT2D eigenvalue weighted by molar-refractivity contribution is 6.00. The van der Waals surface area contributed by atoms with Crippen molar-refractivity contribution >= 4 is 11.7 Å². The van der Waals surface area contributed by atoms with Crippen LogP contribution < -0.4 is 11.5 Å². The molecule has 2 heterocycles. The number of nitrogen functional groups attached to an aromatic ring is 1. The number of alkyl halides is 3. The van der Waals surface area contributed by atoms with Crippen LogP contribution in [0, 0.1) is 0 Å². The van der Waals surface area contributed by atoms with Gasteiger partial charge in [0.15, 0.2) is 0 Å². The quantitative estimate of drug-likeness (QED) is 0.649. The maximum Gasteiger partial charge on any atom is 0.416 e. The smallest absolute Gasteiger partial charge is 0.384 e. The minimum Gasteiger partial charge on any atom is -0.384 e. The Morgan fingerprint density at radius 3 is 2.48 bits per heavy atom. The van der Waals surface area contributed by atoms with Gasteiger partial charge in [-0.25, -0.2) is 9.97 Å². The summed E-state index contributed by atoms with van der Waals surface area (Å²) in [7, 11) is 0. The molecule has 0 spiro atoms. The number of hydrogen-bond donors (Lipinski definition) is 3. The zero-order valence-corrected chi connectivity index (χ0v) is 14.3. The van der Waals surface area contributed by atoms with Gasteiger partial charge in [0.2, 0.25) is 0 Å². The highest BCUT2D eigenvalue weighted by atomic mass is 19.4. The number of hydrogen-bond acceptors (Lipinski definition) is 4. The van der Waals surface area contributed by atoms with Gasteiger partial charge >= 0.3 is 6.18 Å². The van der Waals surface area contributed by atoms with Crippen molar-refractivity contribution in [3.63, 3.8) is 0 Å². The Morgan fingerprint density at radius 1 is 1.15 bits per heavy atom. The topological polar surface area (TPSA) is 111 Å². The van der Waals surface area contributed by atoms with Crippen LogP contribution in [0.25, 0.3) is 22.5 Å². The summed E-state index contributed by atoms with van der Waals surface area (Å²) in [5.41, 5.74) is 12.3. The van der Waals surface area contributed by atoms with Crippen LogP contribution in [0.5, 0.6) is 0 Å². The molecule has 0 bridgehead atoms. The fourth-order valence-corrected chi connectivity index (χ4v) is 2.83. The molecule has 3 rings (SSSR count). The molecule has 1 amide bonds. The lowest BCUT2D eigenvalue weighted by Gasteiger charge is -2.13. The molecule has 0 unspecified atom stereocenters. The number of amides is 1. The Balaban J connectivity index is 2.23. The third-order valence-corrected chi connectivity index (χ3v) is 4.14. The number of nitrogens with zero attached hydrogens (tertiary/aromatic N) is 2. The van der Waals surface area contributed by atoms with Crippen molar-refractivity contribution in [1.82, 2.24) is 15.0 Å². The molecular formula is C18H16F3N5O. The summed E-state index contributed by atoms with van der Waals surface area (Å²) in [5, 5.41) is 0. The Bertz CT molecular complexity index is 1010. The van der Waals surface area contributed by atoms with Crippen molar-refractivity contribution in [2.24, 2.45) is 5.73 Å². The number of nitrogens with two attached hydrogens (primary N) is 2. The zero-order chi connectivity index (χ0) is 19.8. The van der Waals surface area contributed by atoms with Crippen LogP contribution in [0.15, 0.2) is 36.7 Å². The number of nitrogens with one attached hydrogen (secondary N) is 1. The van der Waals surface area contributed by atoms with Gasteiger partial charge in [-0.1, -0.05) is 13.0 Å². The first-order valence-electron chi connectivity index (χ1n) is 8.02. The molecule has 0 radical (unpaired) electrons. The minimum atomic E-state index is -4.51. The molecule has 140 valence electrons. The van der Waals surface area contributed by atoms with Gasteiger partial charge in [0.05, 0.1) is 17.0 Å². The zero-order valence-electron chi connectivity index (χ0n) is 14.3. The van der Waals surface area contributed by atoms with E-state index in [-0.39, 0.29) is 22.6 Å². The van der Waals surface area contributed by atoms with E-state index < -0.39 is 17.6 Å². The van der Waals surface area contributed by atoms with E-state index in [4.69, 9.17) is 11.5 Å². The molecule has 3 aromatic rings. The number of aromatic nitrogens is 3. The molecule has 0 saturated heterocycles. The molecule has 0 saturated carbocycles. The molecule has 0 aliphatic rings. The molecule has 2 aromatic heterocycles. The van der Waals surface area contributed by atoms with Crippen molar-refractivity contribution in [1.29, 1.82) is 0 Å². The molecule has 6 nitrogen and oxygen atoms in total. The molecule has 1 aromatic carbocycles. The number of primary amides is 1. The maximum absolute atomic E-state index is 13.2. The largest absolute Gasteiger partial charge is 0.416 e. The number of carbonyl (C=O) groups excluding carboxylic acids is 1. The van der Waals surface area contributed by atoms with Gasteiger partial charge in [0.1, 0.15) is 17.8 Å². The number of benzene rings is 1. The van der Waals surface area contributed by atoms with E-state index in [0.717, 1.165) is 12.1 Å². The average Bonchev–Trinajstić information content (AvgIpc) is 3.06. The van der Waals surface area contributed by atoms with Crippen molar-refractivity contribution in [2.45, 2.75) is 19.5 Å². The Labute approximate surface area is 152 Å². The lowest BCUT2D eigenvalue weighted by Crippen LogP contribution is -2.13. The Hall–Kier alpha value is -3.36. The SMILES string of the molecule is CCc1ccc(C(F)(F)F)cc1-c1cc(-c2cc(N)ncn2)[nH]c1C(N)=O. The second-order valence-electron chi connectivity index (χ2n) is 5.89. The van der Waals surface area contributed by atoms with E-state index in [1.54, 1.807) is 0 Å². The predicted octanol–water partition coefficient (Wildman–Crippen LogP) is 3.40. The first kappa shape index (κ1) is 18.4. The van der Waals surface area contributed by atoms with Gasteiger partial charge in [0.25, 0.3) is 5.91 Å². The second kappa shape index (κ2) is 6.75. The number of aromatic amines is 1. The lowest BCUT2D eigenvalue weighted by atomic mass is 9.95. The summed E-state index contributed by atoms with van der Waals surface area (Å²) in [4.78, 5) is 22.6. The lowest BCUT2D eigenvalue weighted by molar-refractivity contribution is -0.137. The van der Waals surface area contributed by atoms with Crippen LogP contribution in [-0.4, -0.2) is 20.9 Å². The van der Waals surface area contributed by atoms with Gasteiger partial charge < -0.3 is 16.5 Å². The fraction of sp³-hybridized carbons (Fsp3) is 0.167. The van der Waals surface area contributed by atoms with E-state index in [2.05, 4.69) is 15.0 Å². The van der Waals surface area contributed by atoms with Crippen LogP contribution in [-0.2, 0) is 12.6 Å². The van der Waals surface area contributed by atoms with Crippen molar-refractivity contribution in [3.05, 3.63) is 53.5 Å². The van der Waals surface area contributed by atoms with Crippen LogP contribution >= 0.6 is 0 Å². The van der Waals surface area contributed by atoms with Gasteiger partial charge in [-0.05, 0) is 35.7 Å². The second-order valence-corrected chi connectivity index (χ2v) is 5.89. The summed E-state index contributed by atoms with van der Waals surface area (Å²) in [5.74, 6) is -0.581. The molecule has 0 aliphatic carbocycles. The molecule has 9 heteroatoms.